The first-order valence-electron chi connectivity index (χ1n) is 13.1. The number of aliphatic hydroxyl groups excluding tert-OH is 1. The van der Waals surface area contributed by atoms with Gasteiger partial charge in [0.1, 0.15) is 5.58 Å². The van der Waals surface area contributed by atoms with Gasteiger partial charge in [-0.15, -0.1) is 29.5 Å². The maximum absolute atomic E-state index is 11.7. The second-order valence-corrected chi connectivity index (χ2v) is 10.1. The van der Waals surface area contributed by atoms with Gasteiger partial charge in [-0.3, -0.25) is 4.79 Å². The SMILES string of the molecule is CCC(CC)C(=O)/C=C(\O)C(CC)CC.[Ir].[c-]1ccc2c(oc3c2ccc2ccsc23)c1-c1ccccn1. The third-order valence-electron chi connectivity index (χ3n) is 7.02. The Morgan fingerprint density at radius 3 is 2.34 bits per heavy atom. The van der Waals surface area contributed by atoms with Crippen LogP contribution in [-0.4, -0.2) is 15.9 Å². The maximum atomic E-state index is 11.7. The predicted octanol–water partition coefficient (Wildman–Crippen LogP) is 9.53. The molecule has 0 saturated heterocycles. The third kappa shape index (κ3) is 6.26. The minimum atomic E-state index is 0. The molecular weight excluding hydrogens is 671 g/mol. The zero-order valence-electron chi connectivity index (χ0n) is 22.3. The summed E-state index contributed by atoms with van der Waals surface area (Å²) in [5.41, 5.74) is 3.62. The van der Waals surface area contributed by atoms with Crippen molar-refractivity contribution < 1.29 is 34.4 Å². The van der Waals surface area contributed by atoms with Crippen LogP contribution in [0.2, 0.25) is 0 Å². The fourth-order valence-electron chi connectivity index (χ4n) is 4.70. The van der Waals surface area contributed by atoms with E-state index < -0.39 is 0 Å². The summed E-state index contributed by atoms with van der Waals surface area (Å²) < 4.78 is 7.44. The summed E-state index contributed by atoms with van der Waals surface area (Å²) in [4.78, 5) is 16.1. The molecule has 5 rings (SSSR count). The second-order valence-electron chi connectivity index (χ2n) is 9.19. The van der Waals surface area contributed by atoms with Crippen LogP contribution in [0.3, 0.4) is 0 Å². The molecule has 0 aliphatic rings. The number of allylic oxidation sites excluding steroid dienone is 2. The molecule has 4 nitrogen and oxygen atoms in total. The van der Waals surface area contributed by atoms with Crippen molar-refractivity contribution in [2.75, 3.05) is 0 Å². The fraction of sp³-hybridized carbons (Fsp3) is 0.312. The average molecular weight is 705 g/mol. The van der Waals surface area contributed by atoms with E-state index in [1.54, 1.807) is 17.5 Å². The van der Waals surface area contributed by atoms with Crippen molar-refractivity contribution in [3.8, 4) is 11.3 Å². The fourth-order valence-corrected chi connectivity index (χ4v) is 5.59. The topological polar surface area (TPSA) is 63.3 Å². The van der Waals surface area contributed by atoms with E-state index in [0.29, 0.717) is 0 Å². The van der Waals surface area contributed by atoms with Crippen LogP contribution in [0.1, 0.15) is 53.4 Å². The molecule has 0 fully saturated rings. The smallest absolute Gasteiger partial charge is 0.162 e. The number of hydrogen-bond donors (Lipinski definition) is 1. The molecule has 201 valence electrons. The normalized spacial score (nSPS) is 11.7. The Bertz CT molecular complexity index is 1510. The molecule has 2 aromatic carbocycles. The number of nitrogens with zero attached hydrogens (tertiary/aromatic N) is 1. The number of ketones is 1. The summed E-state index contributed by atoms with van der Waals surface area (Å²) in [5, 5.41) is 15.3. The van der Waals surface area contributed by atoms with E-state index in [1.807, 2.05) is 52.0 Å². The van der Waals surface area contributed by atoms with Gasteiger partial charge in [0, 0.05) is 49.6 Å². The number of rotatable bonds is 8. The van der Waals surface area contributed by atoms with Crippen LogP contribution in [-0.2, 0) is 24.9 Å². The number of thiophene rings is 1. The van der Waals surface area contributed by atoms with Gasteiger partial charge in [0.2, 0.25) is 0 Å². The Morgan fingerprint density at radius 2 is 1.68 bits per heavy atom. The second kappa shape index (κ2) is 13.8. The molecule has 0 saturated carbocycles. The quantitative estimate of drug-likeness (QED) is 0.0993. The van der Waals surface area contributed by atoms with Crippen molar-refractivity contribution in [2.45, 2.75) is 53.4 Å². The Morgan fingerprint density at radius 1 is 0.974 bits per heavy atom. The number of fused-ring (bicyclic) bond motifs is 5. The monoisotopic (exact) mass is 705 g/mol. The number of pyridine rings is 1. The summed E-state index contributed by atoms with van der Waals surface area (Å²) in [6.45, 7) is 8.07. The van der Waals surface area contributed by atoms with Gasteiger partial charge in [-0.25, -0.2) is 0 Å². The maximum Gasteiger partial charge on any atom is 0.162 e. The largest absolute Gasteiger partial charge is 0.512 e. The van der Waals surface area contributed by atoms with Gasteiger partial charge >= 0.3 is 0 Å². The van der Waals surface area contributed by atoms with Crippen molar-refractivity contribution in [1.29, 1.82) is 0 Å². The van der Waals surface area contributed by atoms with Crippen molar-refractivity contribution in [3.05, 3.63) is 78.0 Å². The molecular formula is C32H34IrNO3S-. The van der Waals surface area contributed by atoms with E-state index >= 15 is 0 Å². The number of carbonyl (C=O) groups is 1. The molecule has 6 heteroatoms. The van der Waals surface area contributed by atoms with E-state index in [-0.39, 0.29) is 43.5 Å². The molecule has 3 aromatic heterocycles. The van der Waals surface area contributed by atoms with Crippen LogP contribution in [0.25, 0.3) is 43.3 Å². The van der Waals surface area contributed by atoms with Gasteiger partial charge < -0.3 is 14.5 Å². The number of aliphatic hydroxyl groups is 1. The van der Waals surface area contributed by atoms with Gasteiger partial charge in [-0.1, -0.05) is 62.9 Å². The van der Waals surface area contributed by atoms with Gasteiger partial charge in [0.05, 0.1) is 16.0 Å². The molecule has 1 N–H and O–H groups in total. The molecule has 3 heterocycles. The van der Waals surface area contributed by atoms with E-state index in [1.165, 1.54) is 16.2 Å². The summed E-state index contributed by atoms with van der Waals surface area (Å²) >= 11 is 1.71. The molecule has 0 spiro atoms. The van der Waals surface area contributed by atoms with E-state index in [9.17, 15) is 9.90 Å². The van der Waals surface area contributed by atoms with Crippen LogP contribution in [0.5, 0.6) is 0 Å². The number of aromatic nitrogens is 1. The number of hydrogen-bond acceptors (Lipinski definition) is 5. The molecule has 0 bridgehead atoms. The van der Waals surface area contributed by atoms with Crippen molar-refractivity contribution in [3.63, 3.8) is 0 Å². The van der Waals surface area contributed by atoms with E-state index in [0.717, 1.165) is 58.9 Å². The third-order valence-corrected chi connectivity index (χ3v) is 7.95. The molecule has 0 aliphatic heterocycles. The van der Waals surface area contributed by atoms with Gasteiger partial charge in [-0.2, -0.15) is 0 Å². The zero-order chi connectivity index (χ0) is 26.4. The molecule has 0 aliphatic carbocycles. The Balaban J connectivity index is 0.000000223. The predicted molar refractivity (Wildman–Crippen MR) is 155 cm³/mol. The molecule has 0 unspecified atom stereocenters. The van der Waals surface area contributed by atoms with Crippen LogP contribution in [0.15, 0.2) is 76.4 Å². The summed E-state index contributed by atoms with van der Waals surface area (Å²) in [6.07, 6.45) is 6.70. The summed E-state index contributed by atoms with van der Waals surface area (Å²) in [7, 11) is 0. The number of furan rings is 1. The minimum Gasteiger partial charge on any atom is -0.512 e. The Kier molecular flexibility index (Phi) is 10.8. The van der Waals surface area contributed by atoms with Crippen molar-refractivity contribution in [2.24, 2.45) is 11.8 Å². The first-order valence-corrected chi connectivity index (χ1v) is 14.0. The molecule has 38 heavy (non-hydrogen) atoms. The molecule has 1 radical (unpaired) electrons. The summed E-state index contributed by atoms with van der Waals surface area (Å²) in [5.74, 6) is 0.547. The van der Waals surface area contributed by atoms with E-state index in [2.05, 4.69) is 40.7 Å². The van der Waals surface area contributed by atoms with Gasteiger partial charge in [0.15, 0.2) is 5.78 Å². The van der Waals surface area contributed by atoms with Crippen LogP contribution < -0.4 is 0 Å². The Labute approximate surface area is 242 Å². The Hall–Kier alpha value is -2.79. The van der Waals surface area contributed by atoms with Crippen LogP contribution in [0, 0.1) is 17.9 Å². The standard InChI is InChI=1S/C19H10NOS.C13H24O2.Ir/c1-2-10-20-16(6-1)15-5-3-4-13-14-8-7-12-9-11-22-19(12)18(14)21-17(13)15;1-5-10(6-2)12(14)9-13(15)11(7-3)8-4;/h1-4,6-11H;9-11,14H,5-8H2,1-4H3;/q-1;;/b;12-9-;. The molecule has 5 aromatic rings. The first-order chi connectivity index (χ1) is 18.0. The van der Waals surface area contributed by atoms with Crippen molar-refractivity contribution in [1.82, 2.24) is 4.98 Å². The molecule has 0 atom stereocenters. The van der Waals surface area contributed by atoms with Gasteiger partial charge in [0.25, 0.3) is 0 Å². The van der Waals surface area contributed by atoms with Crippen molar-refractivity contribution >= 4 is 49.1 Å². The first kappa shape index (κ1) is 29.8. The van der Waals surface area contributed by atoms with Gasteiger partial charge in [-0.05, 0) is 54.3 Å². The van der Waals surface area contributed by atoms with Crippen LogP contribution >= 0.6 is 11.3 Å². The number of benzene rings is 2. The summed E-state index contributed by atoms with van der Waals surface area (Å²) in [6, 6.07) is 19.6. The average Bonchev–Trinajstić information content (AvgIpc) is 3.55. The zero-order valence-corrected chi connectivity index (χ0v) is 25.5. The minimum absolute atomic E-state index is 0. The molecule has 0 amide bonds. The number of carbonyl (C=O) groups excluding carboxylic acids is 1. The van der Waals surface area contributed by atoms with E-state index in [4.69, 9.17) is 4.42 Å². The van der Waals surface area contributed by atoms with Crippen LogP contribution in [0.4, 0.5) is 0 Å².